The molecule has 6 nitrogen and oxygen atoms in total. The SMILES string of the molecule is CNc1c(N)c(=O)n(C)c(=O)n1-c1ccccc1. The van der Waals surface area contributed by atoms with Gasteiger partial charge >= 0.3 is 5.69 Å². The fourth-order valence-corrected chi connectivity index (χ4v) is 1.80. The summed E-state index contributed by atoms with van der Waals surface area (Å²) in [7, 11) is 3.02. The predicted molar refractivity (Wildman–Crippen MR) is 71.2 cm³/mol. The molecule has 6 heteroatoms. The van der Waals surface area contributed by atoms with Gasteiger partial charge in [0.25, 0.3) is 5.56 Å². The third-order valence-electron chi connectivity index (χ3n) is 2.74. The Labute approximate surface area is 103 Å². The van der Waals surface area contributed by atoms with Crippen molar-refractivity contribution in [3.8, 4) is 5.69 Å². The van der Waals surface area contributed by atoms with Crippen LogP contribution in [0.1, 0.15) is 0 Å². The van der Waals surface area contributed by atoms with Crippen molar-refractivity contribution in [3.63, 3.8) is 0 Å². The number of benzene rings is 1. The second kappa shape index (κ2) is 4.40. The van der Waals surface area contributed by atoms with Gasteiger partial charge in [0.15, 0.2) is 0 Å². The van der Waals surface area contributed by atoms with Crippen molar-refractivity contribution in [2.24, 2.45) is 7.05 Å². The predicted octanol–water partition coefficient (Wildman–Crippen LogP) is 0.160. The van der Waals surface area contributed by atoms with Crippen LogP contribution in [0.3, 0.4) is 0 Å². The fourth-order valence-electron chi connectivity index (χ4n) is 1.80. The van der Waals surface area contributed by atoms with Gasteiger partial charge in [0, 0.05) is 14.1 Å². The zero-order chi connectivity index (χ0) is 13.3. The van der Waals surface area contributed by atoms with Gasteiger partial charge in [0.2, 0.25) is 0 Å². The molecule has 0 aliphatic heterocycles. The minimum Gasteiger partial charge on any atom is -0.391 e. The van der Waals surface area contributed by atoms with Crippen LogP contribution in [0.5, 0.6) is 0 Å². The van der Waals surface area contributed by atoms with Crippen LogP contribution < -0.4 is 22.3 Å². The third-order valence-corrected chi connectivity index (χ3v) is 2.74. The monoisotopic (exact) mass is 246 g/mol. The Kier molecular flexibility index (Phi) is 2.93. The fraction of sp³-hybridized carbons (Fsp3) is 0.167. The normalized spacial score (nSPS) is 10.3. The summed E-state index contributed by atoms with van der Waals surface area (Å²) in [5.74, 6) is 0.300. The van der Waals surface area contributed by atoms with Crippen LogP contribution in [0.15, 0.2) is 39.9 Å². The van der Waals surface area contributed by atoms with Crippen LogP contribution in [-0.4, -0.2) is 16.2 Å². The van der Waals surface area contributed by atoms with Crippen molar-refractivity contribution in [1.82, 2.24) is 9.13 Å². The largest absolute Gasteiger partial charge is 0.391 e. The summed E-state index contributed by atoms with van der Waals surface area (Å²) in [6.45, 7) is 0. The summed E-state index contributed by atoms with van der Waals surface area (Å²) in [5.41, 5.74) is 5.47. The molecule has 0 aliphatic carbocycles. The molecule has 1 heterocycles. The number of nitrogens with two attached hydrogens (primary N) is 1. The van der Waals surface area contributed by atoms with E-state index >= 15 is 0 Å². The van der Waals surface area contributed by atoms with Crippen molar-refractivity contribution < 1.29 is 0 Å². The smallest absolute Gasteiger partial charge is 0.337 e. The molecule has 0 fully saturated rings. The summed E-state index contributed by atoms with van der Waals surface area (Å²) in [4.78, 5) is 23.9. The van der Waals surface area contributed by atoms with Gasteiger partial charge in [-0.2, -0.15) is 0 Å². The second-order valence-electron chi connectivity index (χ2n) is 3.83. The van der Waals surface area contributed by atoms with Gasteiger partial charge in [-0.15, -0.1) is 0 Å². The molecule has 0 saturated heterocycles. The zero-order valence-corrected chi connectivity index (χ0v) is 10.2. The summed E-state index contributed by atoms with van der Waals surface area (Å²) in [5, 5.41) is 2.80. The molecule has 0 spiro atoms. The highest BCUT2D eigenvalue weighted by Crippen LogP contribution is 2.15. The number of para-hydroxylation sites is 1. The first-order valence-electron chi connectivity index (χ1n) is 5.42. The Balaban J connectivity index is 2.91. The minimum atomic E-state index is -0.503. The van der Waals surface area contributed by atoms with E-state index in [0.717, 1.165) is 4.57 Å². The average molecular weight is 246 g/mol. The van der Waals surface area contributed by atoms with E-state index in [1.54, 1.807) is 19.2 Å². The van der Waals surface area contributed by atoms with Crippen molar-refractivity contribution in [1.29, 1.82) is 0 Å². The lowest BCUT2D eigenvalue weighted by Crippen LogP contribution is -2.39. The maximum atomic E-state index is 12.2. The number of hydrogen-bond acceptors (Lipinski definition) is 4. The lowest BCUT2D eigenvalue weighted by molar-refractivity contribution is 0.737. The van der Waals surface area contributed by atoms with E-state index in [4.69, 9.17) is 5.73 Å². The van der Waals surface area contributed by atoms with Crippen LogP contribution in [0.25, 0.3) is 5.69 Å². The van der Waals surface area contributed by atoms with E-state index in [-0.39, 0.29) is 5.69 Å². The Morgan fingerprint density at radius 2 is 1.78 bits per heavy atom. The molecule has 2 rings (SSSR count). The number of hydrogen-bond donors (Lipinski definition) is 2. The Hall–Kier alpha value is -2.50. The van der Waals surface area contributed by atoms with Crippen molar-refractivity contribution in [3.05, 3.63) is 51.2 Å². The third kappa shape index (κ3) is 1.67. The molecule has 18 heavy (non-hydrogen) atoms. The van der Waals surface area contributed by atoms with Gasteiger partial charge in [-0.05, 0) is 12.1 Å². The van der Waals surface area contributed by atoms with E-state index in [1.807, 2.05) is 18.2 Å². The van der Waals surface area contributed by atoms with Crippen LogP contribution in [0.2, 0.25) is 0 Å². The van der Waals surface area contributed by atoms with E-state index in [1.165, 1.54) is 11.6 Å². The molecule has 0 amide bonds. The molecule has 3 N–H and O–H groups in total. The molecular formula is C12H14N4O2. The summed E-state index contributed by atoms with van der Waals surface area (Å²) >= 11 is 0. The number of aromatic nitrogens is 2. The first kappa shape index (κ1) is 12.0. The molecule has 0 radical (unpaired) electrons. The number of rotatable bonds is 2. The average Bonchev–Trinajstić information content (AvgIpc) is 2.41. The molecule has 0 bridgehead atoms. The summed E-state index contributed by atoms with van der Waals surface area (Å²) in [6.07, 6.45) is 0. The first-order chi connectivity index (χ1) is 8.57. The standard InChI is InChI=1S/C12H14N4O2/c1-14-10-9(13)11(17)15(2)12(18)16(10)8-6-4-3-5-7-8/h3-7,14H,13H2,1-2H3. The number of nitrogen functional groups attached to an aromatic ring is 1. The van der Waals surface area contributed by atoms with Gasteiger partial charge in [0.1, 0.15) is 11.5 Å². The van der Waals surface area contributed by atoms with Gasteiger partial charge in [0.05, 0.1) is 5.69 Å². The quantitative estimate of drug-likeness (QED) is 0.790. The second-order valence-corrected chi connectivity index (χ2v) is 3.83. The van der Waals surface area contributed by atoms with Gasteiger partial charge in [-0.3, -0.25) is 9.36 Å². The lowest BCUT2D eigenvalue weighted by Gasteiger charge is -2.15. The van der Waals surface area contributed by atoms with Crippen LogP contribution >= 0.6 is 0 Å². The molecule has 0 unspecified atom stereocenters. The molecule has 1 aromatic heterocycles. The van der Waals surface area contributed by atoms with Gasteiger partial charge in [-0.1, -0.05) is 18.2 Å². The maximum absolute atomic E-state index is 12.2. The zero-order valence-electron chi connectivity index (χ0n) is 10.2. The minimum absolute atomic E-state index is 0.0171. The lowest BCUT2D eigenvalue weighted by atomic mass is 10.3. The van der Waals surface area contributed by atoms with E-state index in [2.05, 4.69) is 5.32 Å². The van der Waals surface area contributed by atoms with Gasteiger partial charge < -0.3 is 11.1 Å². The Bertz CT molecular complexity index is 686. The summed E-state index contributed by atoms with van der Waals surface area (Å²) in [6, 6.07) is 9.00. The van der Waals surface area contributed by atoms with Crippen LogP contribution in [-0.2, 0) is 7.05 Å². The van der Waals surface area contributed by atoms with Crippen LogP contribution in [0, 0.1) is 0 Å². The highest BCUT2D eigenvalue weighted by atomic mass is 16.2. The Morgan fingerprint density at radius 3 is 2.33 bits per heavy atom. The highest BCUT2D eigenvalue weighted by molar-refractivity contribution is 5.63. The first-order valence-corrected chi connectivity index (χ1v) is 5.42. The van der Waals surface area contributed by atoms with Crippen molar-refractivity contribution >= 4 is 11.5 Å². The van der Waals surface area contributed by atoms with E-state index in [9.17, 15) is 9.59 Å². The number of nitrogens with one attached hydrogen (secondary N) is 1. The highest BCUT2D eigenvalue weighted by Gasteiger charge is 2.14. The Morgan fingerprint density at radius 1 is 1.17 bits per heavy atom. The molecule has 0 aliphatic rings. The van der Waals surface area contributed by atoms with Crippen LogP contribution in [0.4, 0.5) is 11.5 Å². The molecule has 0 saturated carbocycles. The molecule has 2 aromatic rings. The van der Waals surface area contributed by atoms with Gasteiger partial charge in [-0.25, -0.2) is 9.36 Å². The van der Waals surface area contributed by atoms with Crippen molar-refractivity contribution in [2.75, 3.05) is 18.1 Å². The maximum Gasteiger partial charge on any atom is 0.337 e. The van der Waals surface area contributed by atoms with E-state index in [0.29, 0.717) is 11.5 Å². The molecule has 94 valence electrons. The molecule has 1 aromatic carbocycles. The van der Waals surface area contributed by atoms with E-state index < -0.39 is 11.2 Å². The molecule has 0 atom stereocenters. The van der Waals surface area contributed by atoms with Crippen molar-refractivity contribution in [2.45, 2.75) is 0 Å². The topological polar surface area (TPSA) is 82.1 Å². The number of anilines is 2. The molecular weight excluding hydrogens is 232 g/mol. The number of nitrogens with zero attached hydrogens (tertiary/aromatic N) is 2. The summed E-state index contributed by atoms with van der Waals surface area (Å²) < 4.78 is 2.36.